The highest BCUT2D eigenvalue weighted by atomic mass is 35.5. The molecule has 7 nitrogen and oxygen atoms in total. The highest BCUT2D eigenvalue weighted by Crippen LogP contribution is 2.25. The minimum absolute atomic E-state index is 0.557. The molecule has 26 heavy (non-hydrogen) atoms. The van der Waals surface area contributed by atoms with Crippen LogP contribution in [0.3, 0.4) is 0 Å². The van der Waals surface area contributed by atoms with Crippen molar-refractivity contribution >= 4 is 22.8 Å². The molecule has 1 aromatic carbocycles. The number of aliphatic hydroxyl groups excluding tert-OH is 1. The van der Waals surface area contributed by atoms with Crippen LogP contribution >= 0.6 is 11.6 Å². The van der Waals surface area contributed by atoms with Crippen molar-refractivity contribution in [2.24, 2.45) is 0 Å². The van der Waals surface area contributed by atoms with E-state index >= 15 is 0 Å². The van der Waals surface area contributed by atoms with Crippen molar-refractivity contribution in [1.29, 1.82) is 0 Å². The topological polar surface area (TPSA) is 103 Å². The van der Waals surface area contributed by atoms with E-state index in [4.69, 9.17) is 11.6 Å². The third kappa shape index (κ3) is 3.45. The van der Waals surface area contributed by atoms with Gasteiger partial charge in [0.05, 0.1) is 11.8 Å². The van der Waals surface area contributed by atoms with E-state index in [1.54, 1.807) is 24.8 Å². The van der Waals surface area contributed by atoms with Crippen LogP contribution in [-0.2, 0) is 6.42 Å². The Morgan fingerprint density at radius 2 is 2.04 bits per heavy atom. The summed E-state index contributed by atoms with van der Waals surface area (Å²) in [5, 5.41) is 14.3. The van der Waals surface area contributed by atoms with Crippen molar-refractivity contribution in [2.45, 2.75) is 12.6 Å². The first-order chi connectivity index (χ1) is 12.7. The van der Waals surface area contributed by atoms with E-state index in [-0.39, 0.29) is 0 Å². The number of hydrogen-bond acceptors (Lipinski definition) is 5. The van der Waals surface area contributed by atoms with Crippen molar-refractivity contribution in [3.05, 3.63) is 65.3 Å². The van der Waals surface area contributed by atoms with Crippen LogP contribution in [0.2, 0.25) is 5.02 Å². The molecule has 132 valence electrons. The summed E-state index contributed by atoms with van der Waals surface area (Å²) in [5.74, 6) is 0.682. The zero-order valence-corrected chi connectivity index (χ0v) is 14.5. The molecule has 8 heteroatoms. The molecule has 0 saturated heterocycles. The Bertz CT molecular complexity index is 996. The van der Waals surface area contributed by atoms with Crippen molar-refractivity contribution in [1.82, 2.24) is 30.2 Å². The van der Waals surface area contributed by atoms with Gasteiger partial charge in [0.2, 0.25) is 0 Å². The van der Waals surface area contributed by atoms with Gasteiger partial charge in [0.15, 0.2) is 5.65 Å². The summed E-state index contributed by atoms with van der Waals surface area (Å²) >= 11 is 5.94. The van der Waals surface area contributed by atoms with E-state index in [1.807, 2.05) is 24.3 Å². The minimum atomic E-state index is -0.832. The number of benzene rings is 1. The number of aliphatic hydroxyl groups is 1. The first-order valence-corrected chi connectivity index (χ1v) is 8.58. The van der Waals surface area contributed by atoms with Crippen LogP contribution < -0.4 is 5.32 Å². The fourth-order valence-corrected chi connectivity index (χ4v) is 2.90. The van der Waals surface area contributed by atoms with E-state index in [9.17, 15) is 5.11 Å². The predicted octanol–water partition coefficient (Wildman–Crippen LogP) is 2.82. The molecular formula is C18H17ClN6O. The SMILES string of the molecule is OC(NCCc1cnc[nH]1)c1ccnc2nc(-c3ccc(Cl)cc3)[nH]c12. The van der Waals surface area contributed by atoms with Crippen LogP contribution in [0.1, 0.15) is 17.5 Å². The van der Waals surface area contributed by atoms with Crippen molar-refractivity contribution < 1.29 is 5.11 Å². The molecule has 0 aliphatic heterocycles. The maximum atomic E-state index is 10.5. The van der Waals surface area contributed by atoms with Crippen LogP contribution in [0.4, 0.5) is 0 Å². The number of fused-ring (bicyclic) bond motifs is 1. The highest BCUT2D eigenvalue weighted by molar-refractivity contribution is 6.30. The number of nitrogens with zero attached hydrogens (tertiary/aromatic N) is 3. The van der Waals surface area contributed by atoms with Crippen molar-refractivity contribution in [3.63, 3.8) is 0 Å². The summed E-state index contributed by atoms with van der Waals surface area (Å²) in [7, 11) is 0. The van der Waals surface area contributed by atoms with Crippen molar-refractivity contribution in [3.8, 4) is 11.4 Å². The first kappa shape index (κ1) is 16.7. The number of nitrogens with one attached hydrogen (secondary N) is 3. The molecule has 1 atom stereocenters. The summed E-state index contributed by atoms with van der Waals surface area (Å²) in [6.07, 6.45) is 4.96. The van der Waals surface area contributed by atoms with Crippen LogP contribution in [0, 0.1) is 0 Å². The Labute approximate surface area is 154 Å². The van der Waals surface area contributed by atoms with Gasteiger partial charge in [-0.05, 0) is 30.3 Å². The Kier molecular flexibility index (Phi) is 4.66. The summed E-state index contributed by atoms with van der Waals surface area (Å²) in [6, 6.07) is 9.17. The Balaban J connectivity index is 1.55. The zero-order valence-electron chi connectivity index (χ0n) is 13.8. The van der Waals surface area contributed by atoms with Gasteiger partial charge in [0, 0.05) is 47.2 Å². The quantitative estimate of drug-likeness (QED) is 0.392. The minimum Gasteiger partial charge on any atom is -0.374 e. The molecule has 0 amide bonds. The molecule has 0 fully saturated rings. The van der Waals surface area contributed by atoms with E-state index in [0.29, 0.717) is 34.1 Å². The number of hydrogen-bond donors (Lipinski definition) is 4. The first-order valence-electron chi connectivity index (χ1n) is 8.20. The molecule has 3 heterocycles. The Hall–Kier alpha value is -2.74. The maximum Gasteiger partial charge on any atom is 0.178 e. The lowest BCUT2D eigenvalue weighted by molar-refractivity contribution is 0.141. The molecule has 1 unspecified atom stereocenters. The van der Waals surface area contributed by atoms with Gasteiger partial charge in [-0.3, -0.25) is 5.32 Å². The van der Waals surface area contributed by atoms with E-state index < -0.39 is 6.23 Å². The number of aromatic nitrogens is 5. The molecule has 0 radical (unpaired) electrons. The number of pyridine rings is 1. The fraction of sp³-hybridized carbons (Fsp3) is 0.167. The van der Waals surface area contributed by atoms with E-state index in [1.165, 1.54) is 0 Å². The standard InChI is InChI=1S/C18H17ClN6O/c19-12-3-1-11(2-4-12)16-24-15-14(6-8-21-17(15)25-16)18(26)22-7-5-13-9-20-10-23-13/h1-4,6,8-10,18,22,26H,5,7H2,(H,20,23)(H,21,24,25). The number of H-pyrrole nitrogens is 2. The maximum absolute atomic E-state index is 10.5. The van der Waals surface area contributed by atoms with Gasteiger partial charge in [-0.1, -0.05) is 11.6 Å². The molecule has 4 N–H and O–H groups in total. The lowest BCUT2D eigenvalue weighted by Gasteiger charge is -2.13. The molecule has 0 aliphatic carbocycles. The summed E-state index contributed by atoms with van der Waals surface area (Å²) in [4.78, 5) is 19.1. The largest absolute Gasteiger partial charge is 0.374 e. The van der Waals surface area contributed by atoms with E-state index in [2.05, 4.69) is 30.2 Å². The monoisotopic (exact) mass is 368 g/mol. The Morgan fingerprint density at radius 3 is 2.81 bits per heavy atom. The smallest absolute Gasteiger partial charge is 0.178 e. The second-order valence-electron chi connectivity index (χ2n) is 5.87. The average molecular weight is 369 g/mol. The lowest BCUT2D eigenvalue weighted by atomic mass is 10.2. The van der Waals surface area contributed by atoms with E-state index in [0.717, 1.165) is 17.7 Å². The molecular weight excluding hydrogens is 352 g/mol. The molecule has 4 aromatic rings. The highest BCUT2D eigenvalue weighted by Gasteiger charge is 2.15. The molecule has 3 aromatic heterocycles. The van der Waals surface area contributed by atoms with Gasteiger partial charge < -0.3 is 15.1 Å². The molecule has 4 rings (SSSR count). The third-order valence-electron chi connectivity index (χ3n) is 4.12. The zero-order chi connectivity index (χ0) is 17.9. The van der Waals surface area contributed by atoms with Crippen LogP contribution in [0.5, 0.6) is 0 Å². The summed E-state index contributed by atoms with van der Waals surface area (Å²) in [5.41, 5.74) is 3.88. The van der Waals surface area contributed by atoms with Crippen LogP contribution in [0.15, 0.2) is 49.1 Å². The average Bonchev–Trinajstić information content (AvgIpc) is 3.31. The lowest BCUT2D eigenvalue weighted by Crippen LogP contribution is -2.23. The second kappa shape index (κ2) is 7.25. The summed E-state index contributed by atoms with van der Waals surface area (Å²) < 4.78 is 0. The number of imidazole rings is 2. The molecule has 0 saturated carbocycles. The molecule has 0 aliphatic rings. The normalized spacial score (nSPS) is 12.5. The Morgan fingerprint density at radius 1 is 1.19 bits per heavy atom. The predicted molar refractivity (Wildman–Crippen MR) is 99.6 cm³/mol. The molecule has 0 bridgehead atoms. The summed E-state index contributed by atoms with van der Waals surface area (Å²) in [6.45, 7) is 0.603. The van der Waals surface area contributed by atoms with Gasteiger partial charge in [-0.15, -0.1) is 0 Å². The fourth-order valence-electron chi connectivity index (χ4n) is 2.78. The second-order valence-corrected chi connectivity index (χ2v) is 6.31. The number of halogens is 1. The van der Waals surface area contributed by atoms with Gasteiger partial charge in [-0.25, -0.2) is 15.0 Å². The van der Waals surface area contributed by atoms with Gasteiger partial charge in [0.25, 0.3) is 0 Å². The number of rotatable bonds is 6. The third-order valence-corrected chi connectivity index (χ3v) is 4.38. The molecule has 0 spiro atoms. The van der Waals surface area contributed by atoms with Gasteiger partial charge >= 0.3 is 0 Å². The van der Waals surface area contributed by atoms with Gasteiger partial charge in [0.1, 0.15) is 12.1 Å². The van der Waals surface area contributed by atoms with Crippen molar-refractivity contribution in [2.75, 3.05) is 6.54 Å². The van der Waals surface area contributed by atoms with Crippen LogP contribution in [0.25, 0.3) is 22.6 Å². The number of aromatic amines is 2. The van der Waals surface area contributed by atoms with Crippen LogP contribution in [-0.4, -0.2) is 36.6 Å². The van der Waals surface area contributed by atoms with Gasteiger partial charge in [-0.2, -0.15) is 0 Å².